The Morgan fingerprint density at radius 3 is 2.55 bits per heavy atom. The van der Waals surface area contributed by atoms with Crippen LogP contribution in [0.3, 0.4) is 0 Å². The Bertz CT molecular complexity index is 504. The number of piperidine rings is 1. The van der Waals surface area contributed by atoms with E-state index >= 15 is 0 Å². The van der Waals surface area contributed by atoms with Crippen molar-refractivity contribution < 1.29 is 14.3 Å². The first-order valence-electron chi connectivity index (χ1n) is 7.10. The van der Waals surface area contributed by atoms with Crippen molar-refractivity contribution in [3.63, 3.8) is 0 Å². The van der Waals surface area contributed by atoms with Gasteiger partial charge in [-0.3, -0.25) is 9.59 Å². The van der Waals surface area contributed by atoms with E-state index in [9.17, 15) is 9.59 Å². The number of likely N-dealkylation sites (tertiary alicyclic amines) is 1. The highest BCUT2D eigenvalue weighted by Gasteiger charge is 2.21. The predicted molar refractivity (Wildman–Crippen MR) is 76.4 cm³/mol. The van der Waals surface area contributed by atoms with Crippen LogP contribution in [0.4, 0.5) is 0 Å². The number of benzene rings is 1. The Labute approximate surface area is 119 Å². The molecule has 1 aliphatic rings. The first-order valence-corrected chi connectivity index (χ1v) is 7.10. The average molecular weight is 275 g/mol. The summed E-state index contributed by atoms with van der Waals surface area (Å²) in [6, 6.07) is 5.69. The van der Waals surface area contributed by atoms with Crippen molar-refractivity contribution in [3.05, 3.63) is 34.9 Å². The molecule has 0 atom stereocenters. The maximum Gasteiger partial charge on any atom is 0.302 e. The molecule has 0 saturated carbocycles. The maximum absolute atomic E-state index is 12.6. The number of nitrogens with zero attached hydrogens (tertiary/aromatic N) is 1. The summed E-state index contributed by atoms with van der Waals surface area (Å²) in [5.41, 5.74) is 2.48. The van der Waals surface area contributed by atoms with Gasteiger partial charge in [-0.15, -0.1) is 0 Å². The molecule has 1 aromatic carbocycles. The Hall–Kier alpha value is -1.84. The van der Waals surface area contributed by atoms with Crippen LogP contribution < -0.4 is 0 Å². The molecule has 0 spiro atoms. The summed E-state index contributed by atoms with van der Waals surface area (Å²) in [4.78, 5) is 25.5. The van der Waals surface area contributed by atoms with Crippen LogP contribution in [0.1, 0.15) is 47.7 Å². The van der Waals surface area contributed by atoms with E-state index in [1.54, 1.807) is 0 Å². The summed E-state index contributed by atoms with van der Waals surface area (Å²) >= 11 is 0. The fraction of sp³-hybridized carbons (Fsp3) is 0.500. The van der Waals surface area contributed by atoms with E-state index in [4.69, 9.17) is 4.74 Å². The van der Waals surface area contributed by atoms with Gasteiger partial charge in [0.15, 0.2) is 0 Å². The van der Waals surface area contributed by atoms with Crippen molar-refractivity contribution in [1.29, 1.82) is 0 Å². The second kappa shape index (κ2) is 6.55. The fourth-order valence-corrected chi connectivity index (χ4v) is 2.46. The normalized spacial score (nSPS) is 15.0. The zero-order valence-corrected chi connectivity index (χ0v) is 12.1. The zero-order chi connectivity index (χ0) is 14.5. The van der Waals surface area contributed by atoms with Crippen molar-refractivity contribution in [1.82, 2.24) is 4.90 Å². The smallest absolute Gasteiger partial charge is 0.302 e. The third-order valence-electron chi connectivity index (χ3n) is 3.57. The number of aryl methyl sites for hydroxylation is 1. The molecule has 20 heavy (non-hydrogen) atoms. The molecular formula is C16H21NO3. The highest BCUT2D eigenvalue weighted by Crippen LogP contribution is 2.18. The molecule has 2 rings (SSSR count). The molecule has 1 saturated heterocycles. The van der Waals surface area contributed by atoms with Crippen LogP contribution >= 0.6 is 0 Å². The van der Waals surface area contributed by atoms with Gasteiger partial charge in [0, 0.05) is 31.1 Å². The van der Waals surface area contributed by atoms with Crippen molar-refractivity contribution in [2.24, 2.45) is 0 Å². The summed E-state index contributed by atoms with van der Waals surface area (Å²) in [6.45, 7) is 5.13. The van der Waals surface area contributed by atoms with E-state index in [1.807, 2.05) is 30.0 Å². The van der Waals surface area contributed by atoms with Crippen molar-refractivity contribution in [2.75, 3.05) is 13.1 Å². The van der Waals surface area contributed by atoms with E-state index in [2.05, 4.69) is 0 Å². The number of hydrogen-bond acceptors (Lipinski definition) is 3. The lowest BCUT2D eigenvalue weighted by Crippen LogP contribution is -2.36. The summed E-state index contributed by atoms with van der Waals surface area (Å²) in [5, 5.41) is 0. The van der Waals surface area contributed by atoms with Gasteiger partial charge in [-0.25, -0.2) is 0 Å². The maximum atomic E-state index is 12.6. The molecule has 108 valence electrons. The third-order valence-corrected chi connectivity index (χ3v) is 3.57. The SMILES string of the molecule is CC(=O)OCc1ccc(C)cc1C(=O)N1CCCCC1. The second-order valence-corrected chi connectivity index (χ2v) is 5.29. The largest absolute Gasteiger partial charge is 0.461 e. The highest BCUT2D eigenvalue weighted by molar-refractivity contribution is 5.96. The van der Waals surface area contributed by atoms with E-state index in [0.29, 0.717) is 5.56 Å². The quantitative estimate of drug-likeness (QED) is 0.797. The number of amides is 1. The third kappa shape index (κ3) is 3.59. The molecule has 1 aromatic rings. The number of carbonyl (C=O) groups is 2. The number of hydrogen-bond donors (Lipinski definition) is 0. The standard InChI is InChI=1S/C16H21NO3/c1-12-6-7-14(11-20-13(2)18)15(10-12)16(19)17-8-4-3-5-9-17/h6-7,10H,3-5,8-9,11H2,1-2H3. The van der Waals surface area contributed by atoms with Crippen LogP contribution in [-0.4, -0.2) is 29.9 Å². The topological polar surface area (TPSA) is 46.6 Å². The minimum absolute atomic E-state index is 0.0514. The van der Waals surface area contributed by atoms with Crippen LogP contribution in [0.5, 0.6) is 0 Å². The Kier molecular flexibility index (Phi) is 4.77. The van der Waals surface area contributed by atoms with E-state index < -0.39 is 0 Å². The minimum atomic E-state index is -0.332. The number of carbonyl (C=O) groups excluding carboxylic acids is 2. The second-order valence-electron chi connectivity index (χ2n) is 5.29. The molecule has 0 aromatic heterocycles. The molecule has 0 radical (unpaired) electrons. The van der Waals surface area contributed by atoms with Gasteiger partial charge in [-0.05, 0) is 32.3 Å². The van der Waals surface area contributed by atoms with Crippen molar-refractivity contribution in [2.45, 2.75) is 39.7 Å². The van der Waals surface area contributed by atoms with Crippen molar-refractivity contribution in [3.8, 4) is 0 Å². The van der Waals surface area contributed by atoms with Gasteiger partial charge >= 0.3 is 5.97 Å². The lowest BCUT2D eigenvalue weighted by atomic mass is 10.0. The van der Waals surface area contributed by atoms with Crippen molar-refractivity contribution >= 4 is 11.9 Å². The van der Waals surface area contributed by atoms with Crippen LogP contribution in [0.25, 0.3) is 0 Å². The zero-order valence-electron chi connectivity index (χ0n) is 12.1. The van der Waals surface area contributed by atoms with Gasteiger partial charge in [0.25, 0.3) is 5.91 Å². The number of esters is 1. The average Bonchev–Trinajstić information content (AvgIpc) is 2.46. The van der Waals surface area contributed by atoms with Gasteiger partial charge in [0.2, 0.25) is 0 Å². The molecule has 0 aliphatic carbocycles. The van der Waals surface area contributed by atoms with Gasteiger partial charge in [0.05, 0.1) is 0 Å². The molecule has 4 nitrogen and oxygen atoms in total. The van der Waals surface area contributed by atoms with Crippen LogP contribution in [0.15, 0.2) is 18.2 Å². The summed E-state index contributed by atoms with van der Waals surface area (Å²) in [5.74, 6) is -0.280. The van der Waals surface area contributed by atoms with E-state index in [-0.39, 0.29) is 18.5 Å². The monoisotopic (exact) mass is 275 g/mol. The molecule has 1 heterocycles. The van der Waals surface area contributed by atoms with E-state index in [0.717, 1.165) is 37.1 Å². The highest BCUT2D eigenvalue weighted by atomic mass is 16.5. The number of ether oxygens (including phenoxy) is 1. The van der Waals surface area contributed by atoms with E-state index in [1.165, 1.54) is 13.3 Å². The summed E-state index contributed by atoms with van der Waals surface area (Å²) in [6.07, 6.45) is 3.32. The molecule has 0 N–H and O–H groups in total. The molecule has 1 amide bonds. The lowest BCUT2D eigenvalue weighted by Gasteiger charge is -2.27. The number of rotatable bonds is 3. The molecule has 1 aliphatic heterocycles. The van der Waals surface area contributed by atoms with Gasteiger partial charge < -0.3 is 9.64 Å². The molecule has 0 unspecified atom stereocenters. The first-order chi connectivity index (χ1) is 9.58. The van der Waals surface area contributed by atoms with Crippen LogP contribution in [0.2, 0.25) is 0 Å². The lowest BCUT2D eigenvalue weighted by molar-refractivity contribution is -0.142. The Balaban J connectivity index is 2.21. The molecule has 4 heteroatoms. The van der Waals surface area contributed by atoms with Crippen LogP contribution in [-0.2, 0) is 16.1 Å². The summed E-state index contributed by atoms with van der Waals surface area (Å²) < 4.78 is 5.04. The predicted octanol–water partition coefficient (Wildman–Crippen LogP) is 2.68. The summed E-state index contributed by atoms with van der Waals surface area (Å²) in [7, 11) is 0. The van der Waals surface area contributed by atoms with Crippen LogP contribution in [0, 0.1) is 6.92 Å². The Morgan fingerprint density at radius 2 is 1.90 bits per heavy atom. The van der Waals surface area contributed by atoms with Gasteiger partial charge in [-0.2, -0.15) is 0 Å². The molecule has 1 fully saturated rings. The van der Waals surface area contributed by atoms with Gasteiger partial charge in [0.1, 0.15) is 6.61 Å². The molecular weight excluding hydrogens is 254 g/mol. The minimum Gasteiger partial charge on any atom is -0.461 e. The fourth-order valence-electron chi connectivity index (χ4n) is 2.46. The molecule has 0 bridgehead atoms. The Morgan fingerprint density at radius 1 is 1.20 bits per heavy atom. The first kappa shape index (κ1) is 14.6. The van der Waals surface area contributed by atoms with Gasteiger partial charge in [-0.1, -0.05) is 17.7 Å².